The van der Waals surface area contributed by atoms with Gasteiger partial charge in [0.1, 0.15) is 0 Å². The van der Waals surface area contributed by atoms with E-state index in [9.17, 15) is 5.11 Å². The molecule has 3 fully saturated rings. The van der Waals surface area contributed by atoms with Crippen molar-refractivity contribution in [2.45, 2.75) is 69.1 Å². The highest BCUT2D eigenvalue weighted by Crippen LogP contribution is 2.49. The van der Waals surface area contributed by atoms with Crippen molar-refractivity contribution in [1.29, 1.82) is 0 Å². The maximum absolute atomic E-state index is 9.60. The number of hydrogen-bond acceptors (Lipinski definition) is 3. The van der Waals surface area contributed by atoms with Crippen LogP contribution in [0.1, 0.15) is 62.1 Å². The Morgan fingerprint density at radius 3 is 2.00 bits per heavy atom. The molecular weight excluding hydrogens is 439 g/mol. The van der Waals surface area contributed by atoms with E-state index in [0.717, 1.165) is 34.3 Å². The smallest absolute Gasteiger partial charge is 0.0635 e. The topological polar surface area (TPSA) is 26.7 Å². The van der Waals surface area contributed by atoms with Crippen molar-refractivity contribution in [3.8, 4) is 0 Å². The van der Waals surface area contributed by atoms with Gasteiger partial charge >= 0.3 is 0 Å². The molecule has 3 nitrogen and oxygen atoms in total. The second-order valence-electron chi connectivity index (χ2n) is 9.83. The molecule has 0 radical (unpaired) electrons. The number of halogens is 2. The van der Waals surface area contributed by atoms with Crippen LogP contribution >= 0.6 is 23.2 Å². The van der Waals surface area contributed by atoms with E-state index in [1.807, 2.05) is 24.3 Å². The molecule has 1 N–H and O–H groups in total. The fourth-order valence-electron chi connectivity index (χ4n) is 6.83. The van der Waals surface area contributed by atoms with Crippen molar-refractivity contribution >= 4 is 23.2 Å². The van der Waals surface area contributed by atoms with E-state index < -0.39 is 0 Å². The van der Waals surface area contributed by atoms with Gasteiger partial charge in [-0.3, -0.25) is 9.80 Å². The third-order valence-corrected chi connectivity index (χ3v) is 8.81. The second-order valence-corrected chi connectivity index (χ2v) is 10.6. The maximum Gasteiger partial charge on any atom is 0.0635 e. The van der Waals surface area contributed by atoms with E-state index in [2.05, 4.69) is 34.1 Å². The number of rotatable bonds is 6. The van der Waals surface area contributed by atoms with Gasteiger partial charge in [0.15, 0.2) is 0 Å². The van der Waals surface area contributed by atoms with Gasteiger partial charge in [-0.25, -0.2) is 0 Å². The maximum atomic E-state index is 9.60. The minimum atomic E-state index is 0.0933. The number of aliphatic hydroxyl groups is 1. The zero-order chi connectivity index (χ0) is 22.1. The molecule has 5 rings (SSSR count). The van der Waals surface area contributed by atoms with Crippen LogP contribution in [-0.2, 0) is 0 Å². The molecule has 1 unspecified atom stereocenters. The Morgan fingerprint density at radius 1 is 0.844 bits per heavy atom. The Morgan fingerprint density at radius 2 is 1.44 bits per heavy atom. The molecule has 3 aliphatic heterocycles. The number of hydrogen-bond donors (Lipinski definition) is 1. The van der Waals surface area contributed by atoms with Gasteiger partial charge in [0, 0.05) is 34.7 Å². The summed E-state index contributed by atoms with van der Waals surface area (Å²) in [4.78, 5) is 5.32. The van der Waals surface area contributed by atoms with Gasteiger partial charge in [-0.15, -0.1) is 0 Å². The number of benzene rings is 2. The summed E-state index contributed by atoms with van der Waals surface area (Å²) >= 11 is 13.5. The lowest BCUT2D eigenvalue weighted by molar-refractivity contribution is 0.0116. The minimum absolute atomic E-state index is 0.0933. The fourth-order valence-corrected chi connectivity index (χ4v) is 7.31. The quantitative estimate of drug-likeness (QED) is 0.543. The van der Waals surface area contributed by atoms with Crippen LogP contribution < -0.4 is 0 Å². The molecule has 2 bridgehead atoms. The molecule has 0 spiro atoms. The first kappa shape index (κ1) is 22.7. The van der Waals surface area contributed by atoms with Crippen molar-refractivity contribution in [1.82, 2.24) is 9.80 Å². The minimum Gasteiger partial charge on any atom is -0.395 e. The predicted octanol–water partition coefficient (Wildman–Crippen LogP) is 6.17. The number of aliphatic hydroxyl groups excluding tert-OH is 1. The molecule has 172 valence electrons. The van der Waals surface area contributed by atoms with Crippen molar-refractivity contribution < 1.29 is 5.11 Å². The van der Waals surface area contributed by atoms with Crippen LogP contribution in [0.2, 0.25) is 10.0 Å². The number of nitrogens with zero attached hydrogens (tertiary/aromatic N) is 2. The Bertz CT molecular complexity index is 861. The third-order valence-electron chi connectivity index (χ3n) is 8.12. The molecule has 2 aromatic rings. The Labute approximate surface area is 202 Å². The molecule has 5 heteroatoms. The highest BCUT2D eigenvalue weighted by molar-refractivity contribution is 6.32. The van der Waals surface area contributed by atoms with E-state index in [-0.39, 0.29) is 12.6 Å². The molecule has 2 aromatic carbocycles. The van der Waals surface area contributed by atoms with E-state index in [1.165, 1.54) is 44.9 Å². The van der Waals surface area contributed by atoms with Crippen LogP contribution in [0.5, 0.6) is 0 Å². The molecule has 3 heterocycles. The molecule has 0 aromatic heterocycles. The van der Waals surface area contributed by atoms with E-state index in [1.54, 1.807) is 0 Å². The number of piperidine rings is 2. The summed E-state index contributed by atoms with van der Waals surface area (Å²) in [7, 11) is 0. The number of β-amino-alcohol motifs (C(OH)–C–C–N with tert-alkyl or cyclic N) is 1. The average Bonchev–Trinajstić information content (AvgIpc) is 3.05. The van der Waals surface area contributed by atoms with Gasteiger partial charge < -0.3 is 5.11 Å². The fraction of sp³-hybridized carbons (Fsp3) is 0.556. The highest BCUT2D eigenvalue weighted by atomic mass is 35.5. The Balaban J connectivity index is 1.46. The standard InChI is InChI=1S/C27H34Cl2N2O/c28-24-9-3-1-7-22(24)27(23-8-2-4-10-25(23)29)31-20-12-13-21(31)18-19(17-20)26-11-5-6-14-30(26)15-16-32/h1-4,7-10,19-21,26-27,32H,5-6,11-18H2/t20-,21-,26?/m0/s1. The van der Waals surface area contributed by atoms with Crippen LogP contribution in [0.25, 0.3) is 0 Å². The first-order chi connectivity index (χ1) is 15.7. The van der Waals surface area contributed by atoms with Crippen LogP contribution in [0.15, 0.2) is 48.5 Å². The molecule has 0 saturated carbocycles. The predicted molar refractivity (Wildman–Crippen MR) is 132 cm³/mol. The first-order valence-electron chi connectivity index (χ1n) is 12.3. The molecular formula is C27H34Cl2N2O. The van der Waals surface area contributed by atoms with Gasteiger partial charge in [-0.2, -0.15) is 0 Å². The van der Waals surface area contributed by atoms with Crippen molar-refractivity contribution in [2.75, 3.05) is 19.7 Å². The Hall–Kier alpha value is -1.10. The summed E-state index contributed by atoms with van der Waals surface area (Å²) in [5, 5.41) is 11.2. The lowest BCUT2D eigenvalue weighted by atomic mass is 9.79. The van der Waals surface area contributed by atoms with Crippen molar-refractivity contribution in [2.24, 2.45) is 5.92 Å². The molecule has 3 saturated heterocycles. The number of likely N-dealkylation sites (tertiary alicyclic amines) is 1. The monoisotopic (exact) mass is 472 g/mol. The third kappa shape index (κ3) is 4.35. The normalized spacial score (nSPS) is 29.0. The summed E-state index contributed by atoms with van der Waals surface area (Å²) < 4.78 is 0. The molecule has 3 atom stereocenters. The summed E-state index contributed by atoms with van der Waals surface area (Å²) in [5.74, 6) is 0.716. The summed E-state index contributed by atoms with van der Waals surface area (Å²) in [5.41, 5.74) is 2.33. The molecule has 3 aliphatic rings. The SMILES string of the molecule is OCCN1CCCCC1C1C[C@@H]2CC[C@@H](C1)N2C(c1ccccc1Cl)c1ccccc1Cl. The Kier molecular flexibility index (Phi) is 7.11. The van der Waals surface area contributed by atoms with E-state index >= 15 is 0 Å². The lowest BCUT2D eigenvalue weighted by Crippen LogP contribution is -2.52. The average molecular weight is 473 g/mol. The van der Waals surface area contributed by atoms with E-state index in [0.29, 0.717) is 24.0 Å². The van der Waals surface area contributed by atoms with Crippen LogP contribution in [0, 0.1) is 5.92 Å². The van der Waals surface area contributed by atoms with Crippen molar-refractivity contribution in [3.05, 3.63) is 69.7 Å². The van der Waals surface area contributed by atoms with Crippen molar-refractivity contribution in [3.63, 3.8) is 0 Å². The lowest BCUT2D eigenvalue weighted by Gasteiger charge is -2.49. The highest BCUT2D eigenvalue weighted by Gasteiger charge is 2.47. The van der Waals surface area contributed by atoms with Gasteiger partial charge in [-0.1, -0.05) is 66.0 Å². The van der Waals surface area contributed by atoms with Gasteiger partial charge in [-0.05, 0) is 74.2 Å². The number of fused-ring (bicyclic) bond motifs is 2. The van der Waals surface area contributed by atoms with Crippen LogP contribution in [-0.4, -0.2) is 52.7 Å². The van der Waals surface area contributed by atoms with E-state index in [4.69, 9.17) is 23.2 Å². The summed E-state index contributed by atoms with van der Waals surface area (Å²) in [6.45, 7) is 2.23. The first-order valence-corrected chi connectivity index (χ1v) is 13.0. The summed E-state index contributed by atoms with van der Waals surface area (Å²) in [6, 6.07) is 18.4. The molecule has 32 heavy (non-hydrogen) atoms. The summed E-state index contributed by atoms with van der Waals surface area (Å²) in [6.07, 6.45) is 8.83. The van der Waals surface area contributed by atoms with Gasteiger partial charge in [0.25, 0.3) is 0 Å². The van der Waals surface area contributed by atoms with Crippen LogP contribution in [0.3, 0.4) is 0 Å². The molecule has 0 aliphatic carbocycles. The van der Waals surface area contributed by atoms with Gasteiger partial charge in [0.2, 0.25) is 0 Å². The largest absolute Gasteiger partial charge is 0.395 e. The molecule has 0 amide bonds. The zero-order valence-corrected chi connectivity index (χ0v) is 20.2. The second kappa shape index (κ2) is 10.0. The van der Waals surface area contributed by atoms with Gasteiger partial charge in [0.05, 0.1) is 12.6 Å². The van der Waals surface area contributed by atoms with Crippen LogP contribution in [0.4, 0.5) is 0 Å². The zero-order valence-electron chi connectivity index (χ0n) is 18.7.